The fourth-order valence-corrected chi connectivity index (χ4v) is 3.46. The van der Waals surface area contributed by atoms with Gasteiger partial charge in [-0.05, 0) is 24.3 Å². The van der Waals surface area contributed by atoms with Gasteiger partial charge in [-0.1, -0.05) is 78.3 Å². The summed E-state index contributed by atoms with van der Waals surface area (Å²) < 4.78 is 1.77. The first-order valence-corrected chi connectivity index (χ1v) is 10.6. The smallest absolute Gasteiger partial charge is 0.222 e. The van der Waals surface area contributed by atoms with E-state index in [0.717, 1.165) is 24.2 Å². The van der Waals surface area contributed by atoms with Gasteiger partial charge in [0.05, 0.1) is 5.69 Å². The number of nitrogens with zero attached hydrogens (tertiary/aromatic N) is 4. The maximum Gasteiger partial charge on any atom is 0.222 e. The lowest BCUT2D eigenvalue weighted by Gasteiger charge is -2.04. The van der Waals surface area contributed by atoms with Crippen LogP contribution in [0.4, 0.5) is 5.95 Å². The SMILES string of the molecule is C=CNCc1ccccc1.Cc1cccc(Cc2cn(C)nc2-c2cc(Cl)nc(N)n2)c1. The number of rotatable bonds is 6. The summed E-state index contributed by atoms with van der Waals surface area (Å²) in [6.07, 6.45) is 4.46. The molecule has 0 saturated heterocycles. The first-order valence-electron chi connectivity index (χ1n) is 10.2. The first-order chi connectivity index (χ1) is 15.4. The lowest BCUT2D eigenvalue weighted by Crippen LogP contribution is -2.02. The van der Waals surface area contributed by atoms with E-state index in [1.807, 2.05) is 31.4 Å². The molecule has 2 heterocycles. The molecule has 164 valence electrons. The zero-order chi connectivity index (χ0) is 22.9. The predicted octanol–water partition coefficient (Wildman–Crippen LogP) is 4.93. The van der Waals surface area contributed by atoms with E-state index in [9.17, 15) is 0 Å². The van der Waals surface area contributed by atoms with Crippen molar-refractivity contribution in [3.8, 4) is 11.4 Å². The summed E-state index contributed by atoms with van der Waals surface area (Å²) >= 11 is 5.97. The molecule has 0 fully saturated rings. The molecule has 6 nitrogen and oxygen atoms in total. The van der Waals surface area contributed by atoms with Gasteiger partial charge in [-0.2, -0.15) is 5.10 Å². The van der Waals surface area contributed by atoms with E-state index in [1.54, 1.807) is 16.9 Å². The van der Waals surface area contributed by atoms with E-state index < -0.39 is 0 Å². The average molecular weight is 447 g/mol. The van der Waals surface area contributed by atoms with E-state index in [2.05, 4.69) is 70.3 Å². The molecule has 2 aromatic heterocycles. The Hall–Kier alpha value is -3.64. The third-order valence-electron chi connectivity index (χ3n) is 4.63. The number of nitrogen functional groups attached to an aromatic ring is 1. The van der Waals surface area contributed by atoms with Crippen LogP contribution in [0, 0.1) is 6.92 Å². The van der Waals surface area contributed by atoms with Gasteiger partial charge in [0, 0.05) is 37.8 Å². The summed E-state index contributed by atoms with van der Waals surface area (Å²) in [5.41, 5.74) is 11.9. The van der Waals surface area contributed by atoms with Gasteiger partial charge in [-0.25, -0.2) is 9.97 Å². The van der Waals surface area contributed by atoms with Crippen molar-refractivity contribution in [2.75, 3.05) is 5.73 Å². The Morgan fingerprint density at radius 3 is 2.50 bits per heavy atom. The van der Waals surface area contributed by atoms with E-state index in [1.165, 1.54) is 16.7 Å². The molecule has 4 aromatic rings. The van der Waals surface area contributed by atoms with Crippen molar-refractivity contribution in [3.63, 3.8) is 0 Å². The maximum absolute atomic E-state index is 5.97. The van der Waals surface area contributed by atoms with Crippen molar-refractivity contribution in [1.29, 1.82) is 0 Å². The minimum Gasteiger partial charge on any atom is -0.387 e. The van der Waals surface area contributed by atoms with Crippen molar-refractivity contribution in [2.24, 2.45) is 7.05 Å². The van der Waals surface area contributed by atoms with Crippen LogP contribution in [0.1, 0.15) is 22.3 Å². The Kier molecular flexibility index (Phi) is 8.00. The minimum atomic E-state index is 0.148. The van der Waals surface area contributed by atoms with E-state index in [4.69, 9.17) is 17.3 Å². The van der Waals surface area contributed by atoms with Crippen LogP contribution >= 0.6 is 11.6 Å². The highest BCUT2D eigenvalue weighted by Gasteiger charge is 2.14. The molecule has 0 saturated carbocycles. The fourth-order valence-electron chi connectivity index (χ4n) is 3.27. The number of hydrogen-bond acceptors (Lipinski definition) is 5. The molecule has 0 amide bonds. The maximum atomic E-state index is 5.97. The molecule has 0 aliphatic heterocycles. The van der Waals surface area contributed by atoms with Gasteiger partial charge in [0.15, 0.2) is 0 Å². The summed E-state index contributed by atoms with van der Waals surface area (Å²) in [6.45, 7) is 6.51. The molecular weight excluding hydrogens is 420 g/mol. The number of halogens is 1. The predicted molar refractivity (Wildman–Crippen MR) is 131 cm³/mol. The van der Waals surface area contributed by atoms with Crippen molar-refractivity contribution < 1.29 is 0 Å². The number of benzene rings is 2. The topological polar surface area (TPSA) is 81.7 Å². The molecule has 0 bridgehead atoms. The summed E-state index contributed by atoms with van der Waals surface area (Å²) in [5, 5.41) is 7.84. The van der Waals surface area contributed by atoms with Gasteiger partial charge in [0.1, 0.15) is 10.8 Å². The first kappa shape index (κ1) is 23.0. The Morgan fingerprint density at radius 2 is 1.81 bits per heavy atom. The highest BCUT2D eigenvalue weighted by molar-refractivity contribution is 6.29. The number of nitrogens with one attached hydrogen (secondary N) is 1. The van der Waals surface area contributed by atoms with Crippen molar-refractivity contribution in [1.82, 2.24) is 25.1 Å². The zero-order valence-electron chi connectivity index (χ0n) is 18.3. The normalized spacial score (nSPS) is 10.2. The number of aryl methyl sites for hydroxylation is 2. The van der Waals surface area contributed by atoms with Gasteiger partial charge in [0.2, 0.25) is 5.95 Å². The van der Waals surface area contributed by atoms with E-state index in [-0.39, 0.29) is 5.95 Å². The van der Waals surface area contributed by atoms with Crippen LogP contribution in [0.2, 0.25) is 5.15 Å². The Bertz CT molecular complexity index is 1150. The van der Waals surface area contributed by atoms with Crippen LogP contribution in [0.3, 0.4) is 0 Å². The molecule has 0 aliphatic rings. The van der Waals surface area contributed by atoms with Gasteiger partial charge >= 0.3 is 0 Å². The number of aromatic nitrogens is 4. The van der Waals surface area contributed by atoms with Crippen LogP contribution in [0.15, 0.2) is 79.6 Å². The number of hydrogen-bond donors (Lipinski definition) is 2. The Labute approximate surface area is 193 Å². The largest absolute Gasteiger partial charge is 0.387 e. The van der Waals surface area contributed by atoms with E-state index in [0.29, 0.717) is 10.8 Å². The second-order valence-corrected chi connectivity index (χ2v) is 7.73. The molecule has 0 spiro atoms. The van der Waals surface area contributed by atoms with Gasteiger partial charge in [-0.15, -0.1) is 0 Å². The fraction of sp³-hybridized carbons (Fsp3) is 0.160. The third kappa shape index (κ3) is 6.68. The number of nitrogens with two attached hydrogens (primary N) is 1. The Balaban J connectivity index is 0.000000243. The highest BCUT2D eigenvalue weighted by atomic mass is 35.5. The van der Waals surface area contributed by atoms with Crippen molar-refractivity contribution >= 4 is 17.5 Å². The molecular formula is C25H27ClN6. The third-order valence-corrected chi connectivity index (χ3v) is 4.82. The van der Waals surface area contributed by atoms with Crippen molar-refractivity contribution in [3.05, 3.63) is 107 Å². The molecule has 0 unspecified atom stereocenters. The Morgan fingerprint density at radius 1 is 1.06 bits per heavy atom. The zero-order valence-corrected chi connectivity index (χ0v) is 19.0. The van der Waals surface area contributed by atoms with Crippen LogP contribution in [-0.2, 0) is 20.0 Å². The quantitative estimate of drug-likeness (QED) is 0.410. The van der Waals surface area contributed by atoms with E-state index >= 15 is 0 Å². The van der Waals surface area contributed by atoms with Crippen molar-refractivity contribution in [2.45, 2.75) is 19.9 Å². The van der Waals surface area contributed by atoms with Gasteiger partial charge in [-0.3, -0.25) is 4.68 Å². The molecule has 7 heteroatoms. The van der Waals surface area contributed by atoms with Crippen LogP contribution in [0.5, 0.6) is 0 Å². The molecule has 0 radical (unpaired) electrons. The van der Waals surface area contributed by atoms with Crippen LogP contribution in [-0.4, -0.2) is 19.7 Å². The van der Waals surface area contributed by atoms with Crippen LogP contribution in [0.25, 0.3) is 11.4 Å². The minimum absolute atomic E-state index is 0.148. The summed E-state index contributed by atoms with van der Waals surface area (Å²) in [6, 6.07) is 20.3. The standard InChI is InChI=1S/C16H16ClN5.C9H11N/c1-10-4-3-5-11(6-10)7-12-9-22(2)21-15(12)13-8-14(17)20-16(18)19-13;1-2-10-8-9-6-4-3-5-7-9/h3-6,8-9H,7H2,1-2H3,(H2,18,19,20);2-7,10H,1,8H2. The molecule has 4 rings (SSSR count). The average Bonchev–Trinajstić information content (AvgIpc) is 3.13. The monoisotopic (exact) mass is 446 g/mol. The lowest BCUT2D eigenvalue weighted by atomic mass is 10.0. The molecule has 32 heavy (non-hydrogen) atoms. The lowest BCUT2D eigenvalue weighted by molar-refractivity contribution is 0.769. The summed E-state index contributed by atoms with van der Waals surface area (Å²) in [4.78, 5) is 8.13. The second kappa shape index (κ2) is 11.1. The highest BCUT2D eigenvalue weighted by Crippen LogP contribution is 2.25. The summed E-state index contributed by atoms with van der Waals surface area (Å²) in [5.74, 6) is 0.148. The molecule has 0 atom stereocenters. The second-order valence-electron chi connectivity index (χ2n) is 7.35. The molecule has 2 aromatic carbocycles. The van der Waals surface area contributed by atoms with Gasteiger partial charge in [0.25, 0.3) is 0 Å². The molecule has 0 aliphatic carbocycles. The number of anilines is 1. The summed E-state index contributed by atoms with van der Waals surface area (Å²) in [7, 11) is 1.88. The van der Waals surface area contributed by atoms with Gasteiger partial charge < -0.3 is 11.1 Å². The van der Waals surface area contributed by atoms with Crippen LogP contribution < -0.4 is 11.1 Å². The molecule has 3 N–H and O–H groups in total.